The molecule has 7 nitrogen and oxygen atoms in total. The minimum atomic E-state index is -1.26. The molecule has 0 heterocycles. The summed E-state index contributed by atoms with van der Waals surface area (Å²) >= 11 is 5.23. The van der Waals surface area contributed by atoms with Crippen LogP contribution in [0.3, 0.4) is 0 Å². The number of allylic oxidation sites excluding steroid dienone is 1. The topological polar surface area (TPSA) is 134 Å². The molecule has 0 aliphatic heterocycles. The number of halogens is 3. The van der Waals surface area contributed by atoms with E-state index in [0.29, 0.717) is 0 Å². The molecule has 0 aromatic heterocycles. The highest BCUT2D eigenvalue weighted by atomic mass is 127. The van der Waals surface area contributed by atoms with Crippen LogP contribution in [-0.2, 0) is 0 Å². The van der Waals surface area contributed by atoms with Crippen molar-refractivity contribution in [3.8, 4) is 12.1 Å². The summed E-state index contributed by atoms with van der Waals surface area (Å²) < 4.78 is 0.687. The van der Waals surface area contributed by atoms with Crippen LogP contribution >= 0.6 is 67.8 Å². The number of carboxylic acid groups (broad SMARTS) is 2. The van der Waals surface area contributed by atoms with Crippen molar-refractivity contribution in [2.45, 2.75) is 0 Å². The van der Waals surface area contributed by atoms with Crippen LogP contribution in [0.4, 0.5) is 5.69 Å². The van der Waals surface area contributed by atoms with Gasteiger partial charge in [-0.15, -0.1) is 0 Å². The van der Waals surface area contributed by atoms with Gasteiger partial charge in [-0.2, -0.15) is 10.5 Å². The lowest BCUT2D eigenvalue weighted by Crippen LogP contribution is -2.14. The second-order valence-corrected chi connectivity index (χ2v) is 6.84. The first-order valence-electron chi connectivity index (χ1n) is 5.20. The first-order valence-corrected chi connectivity index (χ1v) is 8.43. The van der Waals surface area contributed by atoms with Gasteiger partial charge < -0.3 is 15.5 Å². The molecule has 112 valence electrons. The summed E-state index contributed by atoms with van der Waals surface area (Å²) in [6.07, 6.45) is 1.10. The van der Waals surface area contributed by atoms with Gasteiger partial charge in [-0.3, -0.25) is 0 Å². The molecule has 0 bridgehead atoms. The number of nitrogens with one attached hydrogen (secondary N) is 1. The lowest BCUT2D eigenvalue weighted by atomic mass is 10.1. The number of hydrogen-bond donors (Lipinski definition) is 3. The van der Waals surface area contributed by atoms with Crippen LogP contribution in [0, 0.1) is 33.4 Å². The molecule has 1 aromatic carbocycles. The number of nitrogens with zero attached hydrogens (tertiary/aromatic N) is 2. The summed E-state index contributed by atoms with van der Waals surface area (Å²) in [5, 5.41) is 38.6. The van der Waals surface area contributed by atoms with Gasteiger partial charge in [0, 0.05) is 9.77 Å². The van der Waals surface area contributed by atoms with Crippen molar-refractivity contribution >= 4 is 85.4 Å². The maximum Gasteiger partial charge on any atom is 0.337 e. The predicted octanol–water partition coefficient (Wildman–Crippen LogP) is 3.24. The van der Waals surface area contributed by atoms with Crippen molar-refractivity contribution in [3.63, 3.8) is 0 Å². The van der Waals surface area contributed by atoms with Crippen LogP contribution < -0.4 is 5.32 Å². The lowest BCUT2D eigenvalue weighted by molar-refractivity contribution is 0.0694. The highest BCUT2D eigenvalue weighted by Crippen LogP contribution is 2.35. The number of hydrogen-bond acceptors (Lipinski definition) is 5. The van der Waals surface area contributed by atoms with E-state index in [-0.39, 0.29) is 33.1 Å². The Balaban J connectivity index is 3.69. The van der Waals surface area contributed by atoms with Crippen LogP contribution in [0.25, 0.3) is 0 Å². The Hall–Kier alpha value is -1.13. The van der Waals surface area contributed by atoms with Crippen molar-refractivity contribution in [3.05, 3.63) is 33.6 Å². The summed E-state index contributed by atoms with van der Waals surface area (Å²) in [5.41, 5.74) is -0.297. The van der Waals surface area contributed by atoms with Gasteiger partial charge in [0.05, 0.1) is 24.0 Å². The van der Waals surface area contributed by atoms with Crippen molar-refractivity contribution < 1.29 is 19.8 Å². The average Bonchev–Trinajstić information content (AvgIpc) is 2.41. The molecule has 22 heavy (non-hydrogen) atoms. The number of carbonyl (C=O) groups is 2. The summed E-state index contributed by atoms with van der Waals surface area (Å²) in [5.74, 6) is -2.53. The Morgan fingerprint density at radius 3 is 1.68 bits per heavy atom. The summed E-state index contributed by atoms with van der Waals surface area (Å²) in [6.45, 7) is 0. The third kappa shape index (κ3) is 3.79. The molecular weight excluding hydrogens is 631 g/mol. The molecule has 0 amide bonds. The number of rotatable bonds is 4. The van der Waals surface area contributed by atoms with E-state index in [1.807, 2.05) is 0 Å². The molecule has 0 unspecified atom stereocenters. The van der Waals surface area contributed by atoms with Crippen molar-refractivity contribution in [2.75, 3.05) is 5.32 Å². The van der Waals surface area contributed by atoms with Crippen LogP contribution in [0.1, 0.15) is 20.7 Å². The zero-order valence-corrected chi connectivity index (χ0v) is 16.8. The summed E-state index contributed by atoms with van der Waals surface area (Å²) in [4.78, 5) is 22.8. The summed E-state index contributed by atoms with van der Waals surface area (Å²) in [6, 6.07) is 3.29. The molecule has 0 aliphatic rings. The Kier molecular flexibility index (Phi) is 6.82. The normalized spacial score (nSPS) is 9.32. The molecule has 3 N–H and O–H groups in total. The Bertz CT molecular complexity index is 733. The van der Waals surface area contributed by atoms with E-state index >= 15 is 0 Å². The molecule has 1 rings (SSSR count). The molecule has 0 fully saturated rings. The lowest BCUT2D eigenvalue weighted by Gasteiger charge is -2.15. The van der Waals surface area contributed by atoms with Crippen LogP contribution in [0.15, 0.2) is 11.8 Å². The minimum Gasteiger partial charge on any atom is -0.478 e. The second kappa shape index (κ2) is 7.93. The van der Waals surface area contributed by atoms with E-state index in [4.69, 9.17) is 10.5 Å². The van der Waals surface area contributed by atoms with Gasteiger partial charge in [0.2, 0.25) is 0 Å². The Morgan fingerprint density at radius 1 is 0.955 bits per heavy atom. The van der Waals surface area contributed by atoms with E-state index in [2.05, 4.69) is 5.32 Å². The largest absolute Gasteiger partial charge is 0.478 e. The number of anilines is 1. The van der Waals surface area contributed by atoms with Gasteiger partial charge in [0.15, 0.2) is 0 Å². The first-order chi connectivity index (χ1) is 10.3. The first kappa shape index (κ1) is 18.9. The van der Waals surface area contributed by atoms with Crippen LogP contribution in [0.2, 0.25) is 0 Å². The summed E-state index contributed by atoms with van der Waals surface area (Å²) in [7, 11) is 0. The maximum atomic E-state index is 11.4. The van der Waals surface area contributed by atoms with E-state index < -0.39 is 11.9 Å². The minimum absolute atomic E-state index is 0.113. The highest BCUT2D eigenvalue weighted by Gasteiger charge is 2.27. The second-order valence-electron chi connectivity index (χ2n) is 3.60. The fourth-order valence-electron chi connectivity index (χ4n) is 1.40. The number of carboxylic acids is 2. The molecular formula is C12H4I3N3O4. The van der Waals surface area contributed by atoms with Gasteiger partial charge in [-0.25, -0.2) is 9.59 Å². The van der Waals surface area contributed by atoms with E-state index in [1.54, 1.807) is 79.9 Å². The van der Waals surface area contributed by atoms with Crippen molar-refractivity contribution in [2.24, 2.45) is 0 Å². The van der Waals surface area contributed by atoms with Gasteiger partial charge >= 0.3 is 11.9 Å². The molecule has 0 saturated carbocycles. The average molecular weight is 635 g/mol. The van der Waals surface area contributed by atoms with Gasteiger partial charge in [0.25, 0.3) is 0 Å². The smallest absolute Gasteiger partial charge is 0.337 e. The van der Waals surface area contributed by atoms with E-state index in [0.717, 1.165) is 6.20 Å². The van der Waals surface area contributed by atoms with Crippen LogP contribution in [0.5, 0.6) is 0 Å². The molecule has 1 aromatic rings. The molecule has 10 heteroatoms. The SMILES string of the molecule is N#CC(C#N)=CNc1c(I)c(C(=O)O)c(I)c(C(=O)O)c1I. The maximum absolute atomic E-state index is 11.4. The molecule has 0 saturated heterocycles. The van der Waals surface area contributed by atoms with Crippen molar-refractivity contribution in [1.82, 2.24) is 0 Å². The number of benzene rings is 1. The van der Waals surface area contributed by atoms with E-state index in [9.17, 15) is 19.8 Å². The van der Waals surface area contributed by atoms with Gasteiger partial charge in [-0.05, 0) is 67.8 Å². The monoisotopic (exact) mass is 635 g/mol. The fraction of sp³-hybridized carbons (Fsp3) is 0. The highest BCUT2D eigenvalue weighted by molar-refractivity contribution is 14.1. The third-order valence-corrected chi connectivity index (χ3v) is 5.58. The Morgan fingerprint density at radius 2 is 1.36 bits per heavy atom. The number of aromatic carboxylic acids is 2. The molecule has 0 atom stereocenters. The van der Waals surface area contributed by atoms with Gasteiger partial charge in [-0.1, -0.05) is 0 Å². The third-order valence-electron chi connectivity index (χ3n) is 2.35. The van der Waals surface area contributed by atoms with Gasteiger partial charge in [0.1, 0.15) is 17.7 Å². The molecule has 0 aliphatic carbocycles. The predicted molar refractivity (Wildman–Crippen MR) is 101 cm³/mol. The quantitative estimate of drug-likeness (QED) is 0.342. The van der Waals surface area contributed by atoms with E-state index in [1.165, 1.54) is 0 Å². The van der Waals surface area contributed by atoms with Crippen LogP contribution in [-0.4, -0.2) is 22.2 Å². The Labute approximate surface area is 165 Å². The standard InChI is InChI=1S/C12H4I3N3O4/c13-7-5(11(19)20)8(14)10(9(15)6(7)12(21)22)18-3-4(1-16)2-17/h3,18H,(H,19,20)(H,21,22). The zero-order chi connectivity index (χ0) is 17.0. The van der Waals surface area contributed by atoms with Crippen molar-refractivity contribution in [1.29, 1.82) is 10.5 Å². The fourth-order valence-corrected chi connectivity index (χ4v) is 5.80. The zero-order valence-electron chi connectivity index (χ0n) is 10.3. The molecule has 0 radical (unpaired) electrons. The molecule has 0 spiro atoms. The number of nitriles is 2.